The van der Waals surface area contributed by atoms with Crippen LogP contribution in [0.5, 0.6) is 0 Å². The molecular formula is C11H22N2O3S. The van der Waals surface area contributed by atoms with E-state index in [9.17, 15) is 13.2 Å². The molecule has 6 heteroatoms. The van der Waals surface area contributed by atoms with Crippen LogP contribution in [0.15, 0.2) is 0 Å². The highest BCUT2D eigenvalue weighted by Gasteiger charge is 2.59. The van der Waals surface area contributed by atoms with E-state index in [0.717, 1.165) is 4.31 Å². The summed E-state index contributed by atoms with van der Waals surface area (Å²) in [5, 5.41) is 3.23. The van der Waals surface area contributed by atoms with Crippen molar-refractivity contribution < 1.29 is 13.2 Å². The molecule has 17 heavy (non-hydrogen) atoms. The zero-order valence-corrected chi connectivity index (χ0v) is 12.0. The Balaban J connectivity index is 2.58. The van der Waals surface area contributed by atoms with Crippen LogP contribution >= 0.6 is 0 Å². The van der Waals surface area contributed by atoms with Crippen LogP contribution in [0.3, 0.4) is 0 Å². The van der Waals surface area contributed by atoms with Crippen molar-refractivity contribution in [3.05, 3.63) is 0 Å². The SMILES string of the molecule is CC(CNC(C)C)CN1C(=O)C(C)(C)S1(=O)=O. The normalized spacial score (nSPS) is 23.6. The molecule has 1 saturated heterocycles. The van der Waals surface area contributed by atoms with Crippen LogP contribution < -0.4 is 5.32 Å². The molecule has 1 aliphatic rings. The average Bonchev–Trinajstić information content (AvgIpc) is 2.21. The molecular weight excluding hydrogens is 240 g/mol. The van der Waals surface area contributed by atoms with E-state index >= 15 is 0 Å². The Morgan fingerprint density at radius 2 is 1.82 bits per heavy atom. The van der Waals surface area contributed by atoms with Crippen LogP contribution in [0.4, 0.5) is 0 Å². The molecule has 1 amide bonds. The van der Waals surface area contributed by atoms with Crippen molar-refractivity contribution in [2.75, 3.05) is 13.1 Å². The third-order valence-electron chi connectivity index (χ3n) is 3.03. The molecule has 1 unspecified atom stereocenters. The zero-order chi connectivity index (χ0) is 13.4. The number of amides is 1. The van der Waals surface area contributed by atoms with E-state index in [4.69, 9.17) is 0 Å². The van der Waals surface area contributed by atoms with Crippen molar-refractivity contribution in [2.45, 2.75) is 45.4 Å². The highest BCUT2D eigenvalue weighted by atomic mass is 32.2. The van der Waals surface area contributed by atoms with Gasteiger partial charge in [-0.05, 0) is 26.3 Å². The van der Waals surface area contributed by atoms with Crippen molar-refractivity contribution in [2.24, 2.45) is 5.92 Å². The molecule has 0 bridgehead atoms. The first-order chi connectivity index (χ1) is 7.60. The van der Waals surface area contributed by atoms with Crippen LogP contribution in [0.2, 0.25) is 0 Å². The molecule has 0 spiro atoms. The van der Waals surface area contributed by atoms with Gasteiger partial charge in [0.25, 0.3) is 15.9 Å². The number of rotatable bonds is 5. The number of sulfonamides is 1. The molecule has 1 fully saturated rings. The number of nitrogens with one attached hydrogen (secondary N) is 1. The standard InChI is InChI=1S/C11H22N2O3S/c1-8(2)12-6-9(3)7-13-10(14)11(4,5)17(13,15)16/h8-9,12H,6-7H2,1-5H3. The van der Waals surface area contributed by atoms with Crippen molar-refractivity contribution in [3.8, 4) is 0 Å². The summed E-state index contributed by atoms with van der Waals surface area (Å²) >= 11 is 0. The molecule has 0 aromatic heterocycles. The van der Waals surface area contributed by atoms with E-state index in [1.807, 2.05) is 20.8 Å². The predicted molar refractivity (Wildman–Crippen MR) is 67.0 cm³/mol. The Kier molecular flexibility index (Phi) is 3.88. The lowest BCUT2D eigenvalue weighted by Gasteiger charge is -2.44. The topological polar surface area (TPSA) is 66.5 Å². The number of hydrogen-bond acceptors (Lipinski definition) is 4. The minimum Gasteiger partial charge on any atom is -0.314 e. The van der Waals surface area contributed by atoms with E-state index in [2.05, 4.69) is 5.32 Å². The van der Waals surface area contributed by atoms with Crippen molar-refractivity contribution in [3.63, 3.8) is 0 Å². The van der Waals surface area contributed by atoms with Gasteiger partial charge in [-0.15, -0.1) is 0 Å². The lowest BCUT2D eigenvalue weighted by Crippen LogP contribution is -2.68. The molecule has 100 valence electrons. The number of carbonyl (C=O) groups is 1. The molecule has 1 N–H and O–H groups in total. The van der Waals surface area contributed by atoms with E-state index in [0.29, 0.717) is 12.6 Å². The van der Waals surface area contributed by atoms with Crippen molar-refractivity contribution >= 4 is 15.9 Å². The van der Waals surface area contributed by atoms with Gasteiger partial charge in [-0.2, -0.15) is 0 Å². The molecule has 0 aliphatic carbocycles. The van der Waals surface area contributed by atoms with E-state index in [1.165, 1.54) is 13.8 Å². The maximum Gasteiger partial charge on any atom is 0.258 e. The zero-order valence-electron chi connectivity index (χ0n) is 11.1. The monoisotopic (exact) mass is 262 g/mol. The molecule has 5 nitrogen and oxygen atoms in total. The first-order valence-corrected chi connectivity index (χ1v) is 7.34. The summed E-state index contributed by atoms with van der Waals surface area (Å²) in [5.74, 6) is -0.180. The number of nitrogens with zero attached hydrogens (tertiary/aromatic N) is 1. The summed E-state index contributed by atoms with van der Waals surface area (Å²) in [6, 6.07) is 0.359. The second kappa shape index (κ2) is 4.57. The first kappa shape index (κ1) is 14.4. The Hall–Kier alpha value is -0.620. The molecule has 0 radical (unpaired) electrons. The van der Waals surface area contributed by atoms with Gasteiger partial charge in [-0.1, -0.05) is 20.8 Å². The van der Waals surface area contributed by atoms with E-state index in [1.54, 1.807) is 0 Å². The summed E-state index contributed by atoms with van der Waals surface area (Å²) in [5.41, 5.74) is 0. The Morgan fingerprint density at radius 1 is 1.29 bits per heavy atom. The lowest BCUT2D eigenvalue weighted by atomic mass is 10.1. The minimum atomic E-state index is -3.43. The second-order valence-corrected chi connectivity index (χ2v) is 7.93. The number of hydrogen-bond donors (Lipinski definition) is 1. The second-order valence-electron chi connectivity index (χ2n) is 5.52. The van der Waals surface area contributed by atoms with Crippen LogP contribution in [-0.2, 0) is 14.8 Å². The molecule has 1 aliphatic heterocycles. The Bertz CT molecular complexity index is 401. The van der Waals surface area contributed by atoms with Crippen LogP contribution in [0.25, 0.3) is 0 Å². The maximum atomic E-state index is 11.8. The van der Waals surface area contributed by atoms with Gasteiger partial charge in [0.2, 0.25) is 0 Å². The van der Waals surface area contributed by atoms with Crippen LogP contribution in [0.1, 0.15) is 34.6 Å². The molecule has 0 saturated carbocycles. The predicted octanol–water partition coefficient (Wildman–Crippen LogP) is 0.571. The summed E-state index contributed by atoms with van der Waals surface area (Å²) < 4.78 is 23.4. The van der Waals surface area contributed by atoms with Gasteiger partial charge >= 0.3 is 0 Å². The van der Waals surface area contributed by atoms with Gasteiger partial charge < -0.3 is 5.32 Å². The van der Waals surface area contributed by atoms with Gasteiger partial charge in [-0.3, -0.25) is 4.79 Å². The molecule has 1 atom stereocenters. The summed E-state index contributed by atoms with van der Waals surface area (Å²) in [6.45, 7) is 9.88. The average molecular weight is 262 g/mol. The van der Waals surface area contributed by atoms with Crippen molar-refractivity contribution in [1.82, 2.24) is 9.62 Å². The number of carbonyl (C=O) groups excluding carboxylic acids is 1. The fourth-order valence-corrected chi connectivity index (χ4v) is 3.37. The molecule has 1 heterocycles. The summed E-state index contributed by atoms with van der Waals surface area (Å²) in [4.78, 5) is 11.7. The van der Waals surface area contributed by atoms with Gasteiger partial charge in [0.05, 0.1) is 0 Å². The maximum absolute atomic E-state index is 11.8. The van der Waals surface area contributed by atoms with E-state index < -0.39 is 14.8 Å². The quantitative estimate of drug-likeness (QED) is 0.786. The van der Waals surface area contributed by atoms with Crippen LogP contribution in [-0.4, -0.2) is 42.5 Å². The fraction of sp³-hybridized carbons (Fsp3) is 0.909. The Labute approximate surface area is 104 Å². The highest BCUT2D eigenvalue weighted by molar-refractivity contribution is 7.94. The van der Waals surface area contributed by atoms with Gasteiger partial charge in [0.15, 0.2) is 4.75 Å². The molecule has 0 aromatic rings. The Morgan fingerprint density at radius 3 is 2.24 bits per heavy atom. The largest absolute Gasteiger partial charge is 0.314 e. The van der Waals surface area contributed by atoms with Gasteiger partial charge in [0, 0.05) is 12.6 Å². The van der Waals surface area contributed by atoms with Crippen LogP contribution in [0, 0.1) is 5.92 Å². The third-order valence-corrected chi connectivity index (χ3v) is 5.39. The van der Waals surface area contributed by atoms with E-state index in [-0.39, 0.29) is 18.4 Å². The van der Waals surface area contributed by atoms with Crippen molar-refractivity contribution in [1.29, 1.82) is 0 Å². The fourth-order valence-electron chi connectivity index (χ4n) is 1.72. The summed E-state index contributed by atoms with van der Waals surface area (Å²) in [7, 11) is -3.43. The smallest absolute Gasteiger partial charge is 0.258 e. The lowest BCUT2D eigenvalue weighted by molar-refractivity contribution is -0.132. The first-order valence-electron chi connectivity index (χ1n) is 5.90. The minimum absolute atomic E-state index is 0.118. The van der Waals surface area contributed by atoms with Gasteiger partial charge in [0.1, 0.15) is 0 Å². The highest BCUT2D eigenvalue weighted by Crippen LogP contribution is 2.35. The van der Waals surface area contributed by atoms with Gasteiger partial charge in [-0.25, -0.2) is 12.7 Å². The molecule has 1 rings (SSSR count). The summed E-state index contributed by atoms with van der Waals surface area (Å²) in [6.07, 6.45) is 0. The third kappa shape index (κ3) is 2.47. The molecule has 0 aromatic carbocycles.